The second-order valence-electron chi connectivity index (χ2n) is 5.06. The number of rotatable bonds is 7. The monoisotopic (exact) mass is 284 g/mol. The number of carbonyl (C=O) groups is 1. The SMILES string of the molecule is COCCN(Cc1ccccn1)C(=O)C(C)(C)CCl. The molecule has 5 heteroatoms. The van der Waals surface area contributed by atoms with Gasteiger partial charge in [-0.1, -0.05) is 6.07 Å². The largest absolute Gasteiger partial charge is 0.383 e. The maximum absolute atomic E-state index is 12.5. The lowest BCUT2D eigenvalue weighted by atomic mass is 9.94. The van der Waals surface area contributed by atoms with E-state index in [1.807, 2.05) is 32.0 Å². The van der Waals surface area contributed by atoms with Crippen LogP contribution in [0.1, 0.15) is 19.5 Å². The number of nitrogens with zero attached hydrogens (tertiary/aromatic N) is 2. The summed E-state index contributed by atoms with van der Waals surface area (Å²) in [5.41, 5.74) is 0.279. The molecule has 0 aliphatic heterocycles. The highest BCUT2D eigenvalue weighted by Gasteiger charge is 2.31. The molecule has 0 atom stereocenters. The second-order valence-corrected chi connectivity index (χ2v) is 5.33. The first kappa shape index (κ1) is 15.9. The molecule has 0 N–H and O–H groups in total. The molecule has 0 spiro atoms. The summed E-state index contributed by atoms with van der Waals surface area (Å²) in [5.74, 6) is 0.308. The molecule has 0 unspecified atom stereocenters. The van der Waals surface area contributed by atoms with Gasteiger partial charge in [0.2, 0.25) is 5.91 Å². The molecule has 0 bridgehead atoms. The molecule has 1 aromatic heterocycles. The molecule has 0 aliphatic carbocycles. The van der Waals surface area contributed by atoms with Gasteiger partial charge in [0.15, 0.2) is 0 Å². The molecule has 0 radical (unpaired) electrons. The Hall–Kier alpha value is -1.13. The van der Waals surface area contributed by atoms with Gasteiger partial charge in [0.1, 0.15) is 0 Å². The Balaban J connectivity index is 2.80. The first-order valence-corrected chi connectivity index (χ1v) is 6.79. The van der Waals surface area contributed by atoms with E-state index in [1.165, 1.54) is 0 Å². The summed E-state index contributed by atoms with van der Waals surface area (Å²) in [7, 11) is 1.62. The molecule has 1 amide bonds. The van der Waals surface area contributed by atoms with Crippen LogP contribution in [0.15, 0.2) is 24.4 Å². The van der Waals surface area contributed by atoms with E-state index < -0.39 is 5.41 Å². The maximum atomic E-state index is 12.5. The zero-order valence-corrected chi connectivity index (χ0v) is 12.5. The van der Waals surface area contributed by atoms with Gasteiger partial charge in [0.25, 0.3) is 0 Å². The Bertz CT molecular complexity index is 396. The summed E-state index contributed by atoms with van der Waals surface area (Å²) in [6.07, 6.45) is 1.72. The average molecular weight is 285 g/mol. The predicted octanol–water partition coefficient (Wildman–Crippen LogP) is 2.32. The third-order valence-electron chi connectivity index (χ3n) is 2.84. The van der Waals surface area contributed by atoms with Crippen LogP contribution in [-0.2, 0) is 16.1 Å². The fourth-order valence-electron chi connectivity index (χ4n) is 1.63. The Kier molecular flexibility index (Phi) is 6.25. The molecule has 4 nitrogen and oxygen atoms in total. The minimum absolute atomic E-state index is 0.0187. The van der Waals surface area contributed by atoms with Gasteiger partial charge < -0.3 is 9.64 Å². The normalized spacial score (nSPS) is 11.4. The van der Waals surface area contributed by atoms with Crippen molar-refractivity contribution in [3.8, 4) is 0 Å². The van der Waals surface area contributed by atoms with Crippen LogP contribution in [0, 0.1) is 5.41 Å². The highest BCUT2D eigenvalue weighted by molar-refractivity contribution is 6.19. The van der Waals surface area contributed by atoms with Crippen molar-refractivity contribution in [1.82, 2.24) is 9.88 Å². The molecule has 1 heterocycles. The van der Waals surface area contributed by atoms with Crippen molar-refractivity contribution >= 4 is 17.5 Å². The fourth-order valence-corrected chi connectivity index (χ4v) is 1.74. The van der Waals surface area contributed by atoms with E-state index in [0.29, 0.717) is 19.7 Å². The highest BCUT2D eigenvalue weighted by atomic mass is 35.5. The van der Waals surface area contributed by atoms with E-state index in [-0.39, 0.29) is 11.8 Å². The van der Waals surface area contributed by atoms with Gasteiger partial charge in [-0.3, -0.25) is 9.78 Å². The van der Waals surface area contributed by atoms with Crippen LogP contribution in [0.2, 0.25) is 0 Å². The van der Waals surface area contributed by atoms with Crippen LogP contribution in [0.4, 0.5) is 0 Å². The van der Waals surface area contributed by atoms with Crippen molar-refractivity contribution in [2.45, 2.75) is 20.4 Å². The summed E-state index contributed by atoms with van der Waals surface area (Å²) in [4.78, 5) is 18.5. The van der Waals surface area contributed by atoms with Crippen LogP contribution >= 0.6 is 11.6 Å². The minimum atomic E-state index is -0.579. The zero-order valence-electron chi connectivity index (χ0n) is 11.7. The highest BCUT2D eigenvalue weighted by Crippen LogP contribution is 2.21. The molecule has 1 aromatic rings. The first-order chi connectivity index (χ1) is 9.01. The first-order valence-electron chi connectivity index (χ1n) is 6.25. The molecule has 0 aliphatic rings. The van der Waals surface area contributed by atoms with Gasteiger partial charge >= 0.3 is 0 Å². The number of pyridine rings is 1. The molecule has 1 rings (SSSR count). The van der Waals surface area contributed by atoms with Crippen molar-refractivity contribution in [2.24, 2.45) is 5.41 Å². The third kappa shape index (κ3) is 4.80. The van der Waals surface area contributed by atoms with Crippen molar-refractivity contribution in [2.75, 3.05) is 26.1 Å². The third-order valence-corrected chi connectivity index (χ3v) is 3.51. The zero-order chi connectivity index (χ0) is 14.3. The number of hydrogen-bond donors (Lipinski definition) is 0. The number of hydrogen-bond acceptors (Lipinski definition) is 3. The molecule has 0 fully saturated rings. The van der Waals surface area contributed by atoms with Crippen LogP contribution in [0.5, 0.6) is 0 Å². The maximum Gasteiger partial charge on any atom is 0.229 e. The lowest BCUT2D eigenvalue weighted by Crippen LogP contribution is -2.43. The van der Waals surface area contributed by atoms with Gasteiger partial charge in [-0.05, 0) is 26.0 Å². The number of amides is 1. The number of aromatic nitrogens is 1. The van der Waals surface area contributed by atoms with E-state index in [9.17, 15) is 4.79 Å². The summed E-state index contributed by atoms with van der Waals surface area (Å²) in [6.45, 7) is 5.20. The van der Waals surface area contributed by atoms with E-state index in [2.05, 4.69) is 4.98 Å². The van der Waals surface area contributed by atoms with Crippen molar-refractivity contribution < 1.29 is 9.53 Å². The van der Waals surface area contributed by atoms with Gasteiger partial charge in [-0.25, -0.2) is 0 Å². The smallest absolute Gasteiger partial charge is 0.229 e. The van der Waals surface area contributed by atoms with Gasteiger partial charge in [0.05, 0.1) is 24.3 Å². The molecular formula is C14H21ClN2O2. The molecule has 0 saturated carbocycles. The minimum Gasteiger partial charge on any atom is -0.383 e. The van der Waals surface area contributed by atoms with Crippen LogP contribution < -0.4 is 0 Å². The quantitative estimate of drug-likeness (QED) is 0.722. The molecule has 0 aromatic carbocycles. The summed E-state index contributed by atoms with van der Waals surface area (Å²) < 4.78 is 5.06. The van der Waals surface area contributed by atoms with Gasteiger partial charge in [-0.2, -0.15) is 0 Å². The predicted molar refractivity (Wildman–Crippen MR) is 76.0 cm³/mol. The standard InChI is InChI=1S/C14H21ClN2O2/c1-14(2,11-15)13(18)17(8-9-19-3)10-12-6-4-5-7-16-12/h4-7H,8-11H2,1-3H3. The molecular weight excluding hydrogens is 264 g/mol. The van der Waals surface area contributed by atoms with Crippen molar-refractivity contribution in [3.63, 3.8) is 0 Å². The topological polar surface area (TPSA) is 42.4 Å². The van der Waals surface area contributed by atoms with Crippen LogP contribution in [0.25, 0.3) is 0 Å². The van der Waals surface area contributed by atoms with Crippen LogP contribution in [0.3, 0.4) is 0 Å². The van der Waals surface area contributed by atoms with E-state index >= 15 is 0 Å². The lowest BCUT2D eigenvalue weighted by molar-refractivity contribution is -0.140. The Morgan fingerprint density at radius 3 is 2.74 bits per heavy atom. The van der Waals surface area contributed by atoms with Gasteiger partial charge in [0, 0.05) is 25.7 Å². The average Bonchev–Trinajstić information content (AvgIpc) is 2.43. The Morgan fingerprint density at radius 2 is 2.21 bits per heavy atom. The summed E-state index contributed by atoms with van der Waals surface area (Å²) >= 11 is 5.87. The molecule has 19 heavy (non-hydrogen) atoms. The van der Waals surface area contributed by atoms with E-state index in [4.69, 9.17) is 16.3 Å². The molecule has 106 valence electrons. The number of ether oxygens (including phenoxy) is 1. The fraction of sp³-hybridized carbons (Fsp3) is 0.571. The number of alkyl halides is 1. The lowest BCUT2D eigenvalue weighted by Gasteiger charge is -2.30. The second kappa shape index (κ2) is 7.46. The van der Waals surface area contributed by atoms with E-state index in [0.717, 1.165) is 5.69 Å². The van der Waals surface area contributed by atoms with Crippen molar-refractivity contribution in [1.29, 1.82) is 0 Å². The number of methoxy groups -OCH3 is 1. The van der Waals surface area contributed by atoms with Crippen LogP contribution in [-0.4, -0.2) is 41.9 Å². The number of halogens is 1. The van der Waals surface area contributed by atoms with Gasteiger partial charge in [-0.15, -0.1) is 11.6 Å². The van der Waals surface area contributed by atoms with Crippen molar-refractivity contribution in [3.05, 3.63) is 30.1 Å². The summed E-state index contributed by atoms with van der Waals surface area (Å²) in [5, 5.41) is 0. The van der Waals surface area contributed by atoms with E-state index in [1.54, 1.807) is 18.2 Å². The summed E-state index contributed by atoms with van der Waals surface area (Å²) in [6, 6.07) is 5.67. The molecule has 0 saturated heterocycles. The Labute approximate surface area is 119 Å². The Morgan fingerprint density at radius 1 is 1.47 bits per heavy atom. The number of carbonyl (C=O) groups excluding carboxylic acids is 1.